The molecule has 28 heavy (non-hydrogen) atoms. The number of halogens is 1. The summed E-state index contributed by atoms with van der Waals surface area (Å²) in [4.78, 5) is 19.3. The molecule has 3 heterocycles. The number of nitrogens with zero attached hydrogens (tertiary/aromatic N) is 3. The second kappa shape index (κ2) is 7.54. The van der Waals surface area contributed by atoms with Crippen molar-refractivity contribution in [3.8, 4) is 11.1 Å². The van der Waals surface area contributed by atoms with Crippen LogP contribution in [-0.2, 0) is 11.2 Å². The highest BCUT2D eigenvalue weighted by molar-refractivity contribution is 5.79. The highest BCUT2D eigenvalue weighted by Crippen LogP contribution is 2.33. The minimum atomic E-state index is -0.294. The van der Waals surface area contributed by atoms with Crippen molar-refractivity contribution in [1.29, 1.82) is 0 Å². The Morgan fingerprint density at radius 3 is 2.64 bits per heavy atom. The molecule has 3 aromatic rings. The van der Waals surface area contributed by atoms with Crippen LogP contribution in [0.3, 0.4) is 0 Å². The Morgan fingerprint density at radius 1 is 1.21 bits per heavy atom. The van der Waals surface area contributed by atoms with Gasteiger partial charge in [0.2, 0.25) is 5.91 Å². The summed E-state index contributed by atoms with van der Waals surface area (Å²) >= 11 is 0. The molecule has 1 atom stereocenters. The third-order valence-electron chi connectivity index (χ3n) is 5.29. The molecular formula is C22H22FN3O2. The number of benzene rings is 1. The average molecular weight is 379 g/mol. The van der Waals surface area contributed by atoms with Crippen LogP contribution in [-0.4, -0.2) is 27.5 Å². The predicted octanol–water partition coefficient (Wildman–Crippen LogP) is 4.40. The summed E-state index contributed by atoms with van der Waals surface area (Å²) in [5, 5.41) is 3.99. The summed E-state index contributed by atoms with van der Waals surface area (Å²) in [6.07, 6.45) is 3.94. The standard InChI is InChI=1S/C22H22FN3O2/c1-14-22(15(2)28-25-14)17-7-10-19(24-13-17)20-4-3-11-26(20)21(27)12-16-5-8-18(23)9-6-16/h5-10,13,20H,3-4,11-12H2,1-2H3. The van der Waals surface area contributed by atoms with Crippen molar-refractivity contribution in [1.82, 2.24) is 15.0 Å². The Labute approximate surface area is 163 Å². The number of hydrogen-bond donors (Lipinski definition) is 0. The predicted molar refractivity (Wildman–Crippen MR) is 103 cm³/mol. The molecule has 2 aromatic heterocycles. The van der Waals surface area contributed by atoms with Crippen LogP contribution in [0, 0.1) is 19.7 Å². The van der Waals surface area contributed by atoms with Gasteiger partial charge in [-0.15, -0.1) is 0 Å². The van der Waals surface area contributed by atoms with Gasteiger partial charge in [-0.25, -0.2) is 4.39 Å². The molecule has 1 aliphatic heterocycles. The van der Waals surface area contributed by atoms with Gasteiger partial charge in [-0.2, -0.15) is 0 Å². The summed E-state index contributed by atoms with van der Waals surface area (Å²) in [7, 11) is 0. The van der Waals surface area contributed by atoms with E-state index >= 15 is 0 Å². The third kappa shape index (κ3) is 3.54. The van der Waals surface area contributed by atoms with Crippen LogP contribution < -0.4 is 0 Å². The Bertz CT molecular complexity index is 961. The molecule has 1 unspecified atom stereocenters. The summed E-state index contributed by atoms with van der Waals surface area (Å²) in [5.74, 6) is 0.521. The molecule has 1 aromatic carbocycles. The van der Waals surface area contributed by atoms with E-state index in [0.717, 1.165) is 53.2 Å². The molecule has 5 nitrogen and oxygen atoms in total. The Balaban J connectivity index is 1.51. The van der Waals surface area contributed by atoms with Crippen LogP contribution in [0.1, 0.15) is 41.6 Å². The van der Waals surface area contributed by atoms with Crippen LogP contribution in [0.2, 0.25) is 0 Å². The maximum absolute atomic E-state index is 13.1. The molecule has 1 fully saturated rings. The lowest BCUT2D eigenvalue weighted by Gasteiger charge is -2.24. The number of amides is 1. The smallest absolute Gasteiger partial charge is 0.227 e. The fourth-order valence-corrected chi connectivity index (χ4v) is 3.90. The number of likely N-dealkylation sites (tertiary alicyclic amines) is 1. The van der Waals surface area contributed by atoms with Crippen molar-refractivity contribution < 1.29 is 13.7 Å². The van der Waals surface area contributed by atoms with Gasteiger partial charge in [-0.05, 0) is 50.5 Å². The fourth-order valence-electron chi connectivity index (χ4n) is 3.90. The van der Waals surface area contributed by atoms with Gasteiger partial charge in [-0.3, -0.25) is 9.78 Å². The van der Waals surface area contributed by atoms with Crippen LogP contribution in [0.15, 0.2) is 47.1 Å². The van der Waals surface area contributed by atoms with Crippen molar-refractivity contribution in [2.24, 2.45) is 0 Å². The minimum Gasteiger partial charge on any atom is -0.361 e. The van der Waals surface area contributed by atoms with E-state index in [1.54, 1.807) is 12.1 Å². The fraction of sp³-hybridized carbons (Fsp3) is 0.318. The number of hydrogen-bond acceptors (Lipinski definition) is 4. The van der Waals surface area contributed by atoms with Gasteiger partial charge in [0.1, 0.15) is 11.6 Å². The van der Waals surface area contributed by atoms with E-state index in [0.29, 0.717) is 0 Å². The molecule has 0 spiro atoms. The van der Waals surface area contributed by atoms with Crippen molar-refractivity contribution in [3.05, 3.63) is 71.1 Å². The molecule has 0 saturated carbocycles. The molecule has 1 saturated heterocycles. The van der Waals surface area contributed by atoms with Gasteiger partial charge in [0, 0.05) is 23.9 Å². The van der Waals surface area contributed by atoms with Crippen molar-refractivity contribution in [2.75, 3.05) is 6.54 Å². The lowest BCUT2D eigenvalue weighted by Crippen LogP contribution is -2.32. The maximum Gasteiger partial charge on any atom is 0.227 e. The van der Waals surface area contributed by atoms with E-state index < -0.39 is 0 Å². The molecule has 6 heteroatoms. The summed E-state index contributed by atoms with van der Waals surface area (Å²) in [6.45, 7) is 4.51. The van der Waals surface area contributed by atoms with Gasteiger partial charge in [-0.1, -0.05) is 23.4 Å². The number of carbonyl (C=O) groups is 1. The zero-order valence-corrected chi connectivity index (χ0v) is 16.0. The van der Waals surface area contributed by atoms with E-state index in [9.17, 15) is 9.18 Å². The van der Waals surface area contributed by atoms with E-state index in [-0.39, 0.29) is 24.2 Å². The van der Waals surface area contributed by atoms with Gasteiger partial charge in [0.15, 0.2) is 0 Å². The number of rotatable bonds is 4. The largest absolute Gasteiger partial charge is 0.361 e. The van der Waals surface area contributed by atoms with Gasteiger partial charge >= 0.3 is 0 Å². The summed E-state index contributed by atoms with van der Waals surface area (Å²) in [6, 6.07) is 10.1. The maximum atomic E-state index is 13.1. The molecule has 1 aliphatic rings. The van der Waals surface area contributed by atoms with Gasteiger partial charge < -0.3 is 9.42 Å². The Morgan fingerprint density at radius 2 is 2.00 bits per heavy atom. The van der Waals surface area contributed by atoms with Crippen molar-refractivity contribution in [3.63, 3.8) is 0 Å². The summed E-state index contributed by atoms with van der Waals surface area (Å²) in [5.41, 5.74) is 4.47. The van der Waals surface area contributed by atoms with E-state index in [4.69, 9.17) is 4.52 Å². The Hall–Kier alpha value is -3.02. The molecule has 0 N–H and O–H groups in total. The molecule has 0 aliphatic carbocycles. The van der Waals surface area contributed by atoms with Crippen molar-refractivity contribution >= 4 is 5.91 Å². The van der Waals surface area contributed by atoms with Gasteiger partial charge in [0.25, 0.3) is 0 Å². The Kier molecular flexibility index (Phi) is 4.94. The van der Waals surface area contributed by atoms with Crippen molar-refractivity contribution in [2.45, 2.75) is 39.2 Å². The number of carbonyl (C=O) groups excluding carboxylic acids is 1. The lowest BCUT2D eigenvalue weighted by molar-refractivity contribution is -0.131. The van der Waals surface area contributed by atoms with Crippen LogP contribution in [0.5, 0.6) is 0 Å². The normalized spacial score (nSPS) is 16.5. The topological polar surface area (TPSA) is 59.2 Å². The first-order valence-corrected chi connectivity index (χ1v) is 9.46. The van der Waals surface area contributed by atoms with Gasteiger partial charge in [0.05, 0.1) is 23.9 Å². The highest BCUT2D eigenvalue weighted by Gasteiger charge is 2.30. The number of pyridine rings is 1. The van der Waals surface area contributed by atoms with Crippen LogP contribution in [0.4, 0.5) is 4.39 Å². The van der Waals surface area contributed by atoms with E-state index in [1.165, 1.54) is 12.1 Å². The zero-order valence-electron chi connectivity index (χ0n) is 16.0. The van der Waals surface area contributed by atoms with E-state index in [2.05, 4.69) is 10.1 Å². The van der Waals surface area contributed by atoms with Crippen LogP contribution in [0.25, 0.3) is 11.1 Å². The summed E-state index contributed by atoms with van der Waals surface area (Å²) < 4.78 is 18.3. The second-order valence-electron chi connectivity index (χ2n) is 7.22. The monoisotopic (exact) mass is 379 g/mol. The second-order valence-corrected chi connectivity index (χ2v) is 7.22. The van der Waals surface area contributed by atoms with E-state index in [1.807, 2.05) is 37.1 Å². The molecule has 1 amide bonds. The molecular weight excluding hydrogens is 357 g/mol. The quantitative estimate of drug-likeness (QED) is 0.674. The average Bonchev–Trinajstić information content (AvgIpc) is 3.31. The molecule has 4 rings (SSSR count). The minimum absolute atomic E-state index is 0.0216. The highest BCUT2D eigenvalue weighted by atomic mass is 19.1. The number of aryl methyl sites for hydroxylation is 2. The zero-order chi connectivity index (χ0) is 19.7. The number of aromatic nitrogens is 2. The van der Waals surface area contributed by atoms with Crippen LogP contribution >= 0.6 is 0 Å². The lowest BCUT2D eigenvalue weighted by atomic mass is 10.0. The third-order valence-corrected chi connectivity index (χ3v) is 5.29. The first-order chi connectivity index (χ1) is 13.5. The first-order valence-electron chi connectivity index (χ1n) is 9.46. The molecule has 144 valence electrons. The molecule has 0 radical (unpaired) electrons. The first kappa shape index (κ1) is 18.3. The SMILES string of the molecule is Cc1noc(C)c1-c1ccc(C2CCCN2C(=O)Cc2ccc(F)cc2)nc1. The molecule has 0 bridgehead atoms.